The van der Waals surface area contributed by atoms with Gasteiger partial charge in [0.2, 0.25) is 0 Å². The summed E-state index contributed by atoms with van der Waals surface area (Å²) in [6.45, 7) is 0. The Kier molecular flexibility index (Phi) is 6.70. The van der Waals surface area contributed by atoms with Crippen LogP contribution in [0.15, 0.2) is 211 Å². The summed E-state index contributed by atoms with van der Waals surface area (Å²) in [5.74, 6) is 0. The zero-order valence-electron chi connectivity index (χ0n) is 32.9. The summed E-state index contributed by atoms with van der Waals surface area (Å²) in [7, 11) is 0. The molecule has 11 aromatic carbocycles. The van der Waals surface area contributed by atoms with Crippen LogP contribution in [0, 0.1) is 0 Å². The molecule has 0 radical (unpaired) electrons. The van der Waals surface area contributed by atoms with Gasteiger partial charge in [-0.15, -0.1) is 11.3 Å². The lowest BCUT2D eigenvalue weighted by Gasteiger charge is -2.33. The van der Waals surface area contributed by atoms with Gasteiger partial charge < -0.3 is 4.42 Å². The van der Waals surface area contributed by atoms with Gasteiger partial charge in [-0.2, -0.15) is 0 Å². The Balaban J connectivity index is 0.990. The zero-order chi connectivity index (χ0) is 39.8. The summed E-state index contributed by atoms with van der Waals surface area (Å²) < 4.78 is 8.97. The van der Waals surface area contributed by atoms with Crippen molar-refractivity contribution in [1.82, 2.24) is 0 Å². The minimum Gasteiger partial charge on any atom is -0.456 e. The highest BCUT2D eigenvalue weighted by atomic mass is 32.1. The molecule has 0 unspecified atom stereocenters. The monoisotopic (exact) mass is 790 g/mol. The summed E-state index contributed by atoms with van der Waals surface area (Å²) >= 11 is 1.90. The Morgan fingerprint density at radius 3 is 1.74 bits per heavy atom. The SMILES string of the molecule is c1ccc(C2(c3ccccc3)c3ccccc3-c3cc4sc5ccc(-c6ccc7ccc8c(-c9cccc%10oc%11ccccc%11c9%10)ccc9ccc6c7c98)cc5c4cc32)cc1. The highest BCUT2D eigenvalue weighted by Gasteiger charge is 2.46. The fourth-order valence-corrected chi connectivity index (χ4v) is 12.3. The van der Waals surface area contributed by atoms with Crippen molar-refractivity contribution in [2.75, 3.05) is 0 Å². The van der Waals surface area contributed by atoms with E-state index in [0.717, 1.165) is 16.6 Å². The molecule has 0 saturated heterocycles. The molecule has 2 heterocycles. The molecule has 1 aliphatic rings. The van der Waals surface area contributed by atoms with Crippen LogP contribution in [0.25, 0.3) is 108 Å². The lowest BCUT2D eigenvalue weighted by atomic mass is 9.67. The number of para-hydroxylation sites is 1. The van der Waals surface area contributed by atoms with Crippen LogP contribution in [-0.4, -0.2) is 0 Å². The first-order valence-corrected chi connectivity index (χ1v) is 21.9. The van der Waals surface area contributed by atoms with E-state index in [1.165, 1.54) is 114 Å². The molecule has 0 fully saturated rings. The third kappa shape index (κ3) is 4.44. The zero-order valence-corrected chi connectivity index (χ0v) is 33.8. The van der Waals surface area contributed by atoms with Crippen LogP contribution < -0.4 is 0 Å². The number of fused-ring (bicyclic) bond motifs is 9. The minimum absolute atomic E-state index is 0.435. The normalized spacial score (nSPS) is 13.4. The predicted octanol–water partition coefficient (Wildman–Crippen LogP) is 16.5. The highest BCUT2D eigenvalue weighted by molar-refractivity contribution is 7.25. The predicted molar refractivity (Wildman–Crippen MR) is 258 cm³/mol. The average molecular weight is 791 g/mol. The number of furan rings is 1. The molecule has 2 aromatic heterocycles. The number of rotatable bonds is 4. The van der Waals surface area contributed by atoms with E-state index in [4.69, 9.17) is 4.42 Å². The van der Waals surface area contributed by atoms with Crippen molar-refractivity contribution in [2.24, 2.45) is 0 Å². The first-order chi connectivity index (χ1) is 30.2. The molecule has 0 N–H and O–H groups in total. The second-order valence-corrected chi connectivity index (χ2v) is 17.7. The van der Waals surface area contributed by atoms with Gasteiger partial charge in [-0.1, -0.05) is 170 Å². The van der Waals surface area contributed by atoms with Crippen molar-refractivity contribution >= 4 is 85.8 Å². The lowest BCUT2D eigenvalue weighted by Crippen LogP contribution is -2.28. The van der Waals surface area contributed by atoms with E-state index in [-0.39, 0.29) is 0 Å². The lowest BCUT2D eigenvalue weighted by molar-refractivity contribution is 0.669. The van der Waals surface area contributed by atoms with Gasteiger partial charge in [-0.3, -0.25) is 0 Å². The molecule has 2 heteroatoms. The topological polar surface area (TPSA) is 13.1 Å². The van der Waals surface area contributed by atoms with Crippen LogP contribution >= 0.6 is 11.3 Å². The second kappa shape index (κ2) is 12.3. The molecule has 0 atom stereocenters. The number of thiophene rings is 1. The van der Waals surface area contributed by atoms with Gasteiger partial charge in [0.1, 0.15) is 11.2 Å². The van der Waals surface area contributed by atoms with Crippen molar-refractivity contribution in [2.45, 2.75) is 5.41 Å². The third-order valence-electron chi connectivity index (χ3n) is 13.7. The molecule has 0 spiro atoms. The van der Waals surface area contributed by atoms with Gasteiger partial charge in [0.05, 0.1) is 5.41 Å². The Bertz CT molecular complexity index is 3890. The van der Waals surface area contributed by atoms with Crippen LogP contribution in [0.1, 0.15) is 22.3 Å². The summed E-state index contributed by atoms with van der Waals surface area (Å²) in [6, 6.07) is 76.8. The van der Waals surface area contributed by atoms with Crippen LogP contribution in [0.4, 0.5) is 0 Å². The Morgan fingerprint density at radius 2 is 0.951 bits per heavy atom. The first kappa shape index (κ1) is 33.3. The maximum atomic E-state index is 6.34. The molecule has 61 heavy (non-hydrogen) atoms. The van der Waals surface area contributed by atoms with E-state index in [2.05, 4.69) is 200 Å². The Labute approximate surface area is 355 Å². The van der Waals surface area contributed by atoms with Crippen LogP contribution in [-0.2, 0) is 5.41 Å². The smallest absolute Gasteiger partial charge is 0.136 e. The molecule has 1 aliphatic carbocycles. The fourth-order valence-electron chi connectivity index (χ4n) is 11.2. The maximum Gasteiger partial charge on any atom is 0.136 e. The molecule has 282 valence electrons. The molecule has 13 aromatic rings. The molecule has 0 aliphatic heterocycles. The van der Waals surface area contributed by atoms with Gasteiger partial charge in [-0.25, -0.2) is 0 Å². The van der Waals surface area contributed by atoms with Crippen LogP contribution in [0.2, 0.25) is 0 Å². The minimum atomic E-state index is -0.435. The van der Waals surface area contributed by atoms with Gasteiger partial charge in [0, 0.05) is 30.9 Å². The van der Waals surface area contributed by atoms with E-state index < -0.39 is 5.41 Å². The second-order valence-electron chi connectivity index (χ2n) is 16.7. The molecule has 0 saturated carbocycles. The van der Waals surface area contributed by atoms with Gasteiger partial charge in [0.15, 0.2) is 0 Å². The van der Waals surface area contributed by atoms with Gasteiger partial charge in [0.25, 0.3) is 0 Å². The maximum absolute atomic E-state index is 6.34. The van der Waals surface area contributed by atoms with E-state index in [1.54, 1.807) is 0 Å². The molecule has 0 bridgehead atoms. The number of hydrogen-bond donors (Lipinski definition) is 0. The van der Waals surface area contributed by atoms with Crippen molar-refractivity contribution in [3.05, 3.63) is 229 Å². The molecule has 0 amide bonds. The quantitative estimate of drug-likeness (QED) is 0.162. The van der Waals surface area contributed by atoms with E-state index in [1.807, 2.05) is 17.4 Å². The standard InChI is InChI=1S/C59H34OS/c1-3-12-38(13-4-1)59(39-14-5-2-6-15-39)50-19-9-7-16-42(50)47-34-55-49(33-51(47)59)48-32-37(26-31-54(48)61-55)40-27-22-35-25-30-45-41(28-23-36-24-29-44(40)56(35)57(36)45)43-18-11-21-53-58(43)46-17-8-10-20-52(46)60-53/h1-34H. The summed E-state index contributed by atoms with van der Waals surface area (Å²) in [4.78, 5) is 0. The molecule has 1 nitrogen and oxygen atoms in total. The van der Waals surface area contributed by atoms with Gasteiger partial charge in [-0.05, 0) is 124 Å². The number of benzene rings is 11. The Hall–Kier alpha value is -7.52. The Morgan fingerprint density at radius 1 is 0.328 bits per heavy atom. The third-order valence-corrected chi connectivity index (χ3v) is 14.9. The van der Waals surface area contributed by atoms with Crippen molar-refractivity contribution in [3.8, 4) is 33.4 Å². The van der Waals surface area contributed by atoms with E-state index in [9.17, 15) is 0 Å². The van der Waals surface area contributed by atoms with Crippen LogP contribution in [0.3, 0.4) is 0 Å². The van der Waals surface area contributed by atoms with Crippen molar-refractivity contribution < 1.29 is 4.42 Å². The number of hydrogen-bond acceptors (Lipinski definition) is 2. The van der Waals surface area contributed by atoms with Crippen molar-refractivity contribution in [3.63, 3.8) is 0 Å². The van der Waals surface area contributed by atoms with E-state index >= 15 is 0 Å². The average Bonchev–Trinajstić information content (AvgIpc) is 3.98. The van der Waals surface area contributed by atoms with Gasteiger partial charge >= 0.3 is 0 Å². The first-order valence-electron chi connectivity index (χ1n) is 21.1. The molecular weight excluding hydrogens is 757 g/mol. The summed E-state index contributed by atoms with van der Waals surface area (Å²) in [5, 5.41) is 12.6. The van der Waals surface area contributed by atoms with Crippen molar-refractivity contribution in [1.29, 1.82) is 0 Å². The molecular formula is C59H34OS. The summed E-state index contributed by atoms with van der Waals surface area (Å²) in [6.07, 6.45) is 0. The highest BCUT2D eigenvalue weighted by Crippen LogP contribution is 2.58. The van der Waals surface area contributed by atoms with E-state index in [0.29, 0.717) is 0 Å². The molecule has 14 rings (SSSR count). The fraction of sp³-hybridized carbons (Fsp3) is 0.0169. The summed E-state index contributed by atoms with van der Waals surface area (Å²) in [5.41, 5.74) is 14.2. The van der Waals surface area contributed by atoms with Crippen LogP contribution in [0.5, 0.6) is 0 Å². The largest absolute Gasteiger partial charge is 0.456 e.